The third kappa shape index (κ3) is 4.94. The Hall–Kier alpha value is -0.770. The van der Waals surface area contributed by atoms with E-state index in [1.54, 1.807) is 0 Å². The third-order valence-electron chi connectivity index (χ3n) is 2.52. The molecule has 5 heteroatoms. The van der Waals surface area contributed by atoms with Crippen molar-refractivity contribution in [2.24, 2.45) is 5.73 Å². The van der Waals surface area contributed by atoms with E-state index in [-0.39, 0.29) is 30.3 Å². The van der Waals surface area contributed by atoms with Crippen molar-refractivity contribution in [2.45, 2.75) is 19.3 Å². The molecule has 0 spiro atoms. The molecule has 3 N–H and O–H groups in total. The van der Waals surface area contributed by atoms with Crippen LogP contribution >= 0.6 is 24.0 Å². The lowest BCUT2D eigenvalue weighted by atomic mass is 9.84. The van der Waals surface area contributed by atoms with Crippen molar-refractivity contribution in [3.05, 3.63) is 34.9 Å². The van der Waals surface area contributed by atoms with E-state index in [1.165, 1.54) is 0 Å². The normalized spacial score (nSPS) is 10.6. The molecule has 0 unspecified atom stereocenters. The van der Waals surface area contributed by atoms with Gasteiger partial charge in [-0.15, -0.1) is 12.4 Å². The molecule has 17 heavy (non-hydrogen) atoms. The van der Waals surface area contributed by atoms with Gasteiger partial charge in [0.25, 0.3) is 0 Å². The third-order valence-corrected chi connectivity index (χ3v) is 2.75. The van der Waals surface area contributed by atoms with Gasteiger partial charge in [-0.1, -0.05) is 37.6 Å². The summed E-state index contributed by atoms with van der Waals surface area (Å²) in [5, 5.41) is 3.49. The number of nitrogens with two attached hydrogens (primary N) is 1. The molecule has 96 valence electrons. The average Bonchev–Trinajstić information content (AvgIpc) is 2.26. The maximum atomic E-state index is 11.1. The van der Waals surface area contributed by atoms with Crippen LogP contribution in [0.1, 0.15) is 19.4 Å². The second kappa shape index (κ2) is 6.84. The van der Waals surface area contributed by atoms with E-state index in [0.29, 0.717) is 11.6 Å². The van der Waals surface area contributed by atoms with Crippen molar-refractivity contribution < 1.29 is 4.79 Å². The summed E-state index contributed by atoms with van der Waals surface area (Å²) in [5.74, 6) is -0.143. The molecule has 0 heterocycles. The largest absolute Gasteiger partial charge is 0.354 e. The van der Waals surface area contributed by atoms with Gasteiger partial charge in [-0.25, -0.2) is 0 Å². The Balaban J connectivity index is 0.00000256. The number of nitrogens with one attached hydrogen (secondary N) is 1. The van der Waals surface area contributed by atoms with Gasteiger partial charge in [0, 0.05) is 17.0 Å². The molecule has 0 aromatic heterocycles. The number of carbonyl (C=O) groups is 1. The highest BCUT2D eigenvalue weighted by molar-refractivity contribution is 6.30. The minimum Gasteiger partial charge on any atom is -0.354 e. The van der Waals surface area contributed by atoms with E-state index in [0.717, 1.165) is 5.56 Å². The Morgan fingerprint density at radius 3 is 2.65 bits per heavy atom. The molecule has 0 bridgehead atoms. The molecule has 1 aromatic carbocycles. The molecular weight excluding hydrogens is 259 g/mol. The van der Waals surface area contributed by atoms with Crippen LogP contribution in [-0.4, -0.2) is 19.0 Å². The van der Waals surface area contributed by atoms with Gasteiger partial charge in [0.15, 0.2) is 0 Å². The summed E-state index contributed by atoms with van der Waals surface area (Å²) < 4.78 is 0. The van der Waals surface area contributed by atoms with Gasteiger partial charge >= 0.3 is 0 Å². The van der Waals surface area contributed by atoms with Crippen LogP contribution in [0.15, 0.2) is 24.3 Å². The molecule has 3 nitrogen and oxygen atoms in total. The molecule has 0 saturated heterocycles. The molecule has 0 aliphatic heterocycles. The Bertz CT molecular complexity index is 381. The Kier molecular flexibility index (Phi) is 6.53. The van der Waals surface area contributed by atoms with Crippen molar-refractivity contribution in [1.82, 2.24) is 5.32 Å². The Morgan fingerprint density at radius 2 is 2.12 bits per heavy atom. The summed E-state index contributed by atoms with van der Waals surface area (Å²) in [5.41, 5.74) is 6.17. The van der Waals surface area contributed by atoms with E-state index >= 15 is 0 Å². The van der Waals surface area contributed by atoms with Gasteiger partial charge in [-0.3, -0.25) is 4.79 Å². The smallest absolute Gasteiger partial charge is 0.233 e. The second-order valence-corrected chi connectivity index (χ2v) is 4.81. The van der Waals surface area contributed by atoms with Crippen LogP contribution in [-0.2, 0) is 10.2 Å². The number of hydrogen-bond donors (Lipinski definition) is 2. The molecule has 0 aliphatic rings. The van der Waals surface area contributed by atoms with Crippen LogP contribution < -0.4 is 11.1 Å². The highest BCUT2D eigenvalue weighted by Crippen LogP contribution is 2.24. The van der Waals surface area contributed by atoms with Crippen molar-refractivity contribution in [2.75, 3.05) is 13.1 Å². The fourth-order valence-corrected chi connectivity index (χ4v) is 1.59. The number of benzene rings is 1. The zero-order chi connectivity index (χ0) is 12.2. The van der Waals surface area contributed by atoms with E-state index in [2.05, 4.69) is 19.2 Å². The summed E-state index contributed by atoms with van der Waals surface area (Å²) in [6, 6.07) is 7.65. The van der Waals surface area contributed by atoms with E-state index in [1.807, 2.05) is 24.3 Å². The monoisotopic (exact) mass is 276 g/mol. The lowest BCUT2D eigenvalue weighted by Crippen LogP contribution is -2.39. The summed E-state index contributed by atoms with van der Waals surface area (Å²) in [6.45, 7) is 4.67. The van der Waals surface area contributed by atoms with E-state index < -0.39 is 0 Å². The lowest BCUT2D eigenvalue weighted by molar-refractivity contribution is -0.119. The molecule has 0 fully saturated rings. The summed E-state index contributed by atoms with van der Waals surface area (Å²) in [7, 11) is 0. The summed E-state index contributed by atoms with van der Waals surface area (Å²) >= 11 is 5.93. The fourth-order valence-electron chi connectivity index (χ4n) is 1.40. The number of amides is 1. The SMILES string of the molecule is CC(C)(CNC(=O)CN)c1cccc(Cl)c1.Cl. The molecule has 0 saturated carbocycles. The Morgan fingerprint density at radius 1 is 1.47 bits per heavy atom. The van der Waals surface area contributed by atoms with E-state index in [9.17, 15) is 4.79 Å². The van der Waals surface area contributed by atoms with Crippen molar-refractivity contribution in [3.8, 4) is 0 Å². The van der Waals surface area contributed by atoms with Gasteiger partial charge in [0.2, 0.25) is 5.91 Å². The topological polar surface area (TPSA) is 55.1 Å². The van der Waals surface area contributed by atoms with Crippen LogP contribution in [0.4, 0.5) is 0 Å². The van der Waals surface area contributed by atoms with Crippen LogP contribution in [0.5, 0.6) is 0 Å². The van der Waals surface area contributed by atoms with Crippen molar-refractivity contribution in [1.29, 1.82) is 0 Å². The molecule has 1 aromatic rings. The standard InChI is InChI=1S/C12H17ClN2O.ClH/c1-12(2,8-15-11(16)7-14)9-4-3-5-10(13)6-9;/h3-6H,7-8,14H2,1-2H3,(H,15,16);1H. The Labute approximate surface area is 113 Å². The number of carbonyl (C=O) groups excluding carboxylic acids is 1. The van der Waals surface area contributed by atoms with Crippen molar-refractivity contribution in [3.63, 3.8) is 0 Å². The first-order valence-electron chi connectivity index (χ1n) is 5.18. The second-order valence-electron chi connectivity index (χ2n) is 4.38. The molecule has 1 amide bonds. The number of rotatable bonds is 4. The zero-order valence-corrected chi connectivity index (χ0v) is 11.6. The van der Waals surface area contributed by atoms with Crippen LogP contribution in [0.2, 0.25) is 5.02 Å². The molecule has 0 radical (unpaired) electrons. The maximum absolute atomic E-state index is 11.1. The predicted octanol–water partition coefficient (Wildman–Crippen LogP) is 2.11. The van der Waals surface area contributed by atoms with E-state index in [4.69, 9.17) is 17.3 Å². The predicted molar refractivity (Wildman–Crippen MR) is 73.8 cm³/mol. The highest BCUT2D eigenvalue weighted by atomic mass is 35.5. The average molecular weight is 277 g/mol. The van der Waals surface area contributed by atoms with Crippen LogP contribution in [0.3, 0.4) is 0 Å². The summed E-state index contributed by atoms with van der Waals surface area (Å²) in [6.07, 6.45) is 0. The first-order chi connectivity index (χ1) is 7.45. The lowest BCUT2D eigenvalue weighted by Gasteiger charge is -2.25. The molecule has 0 aliphatic carbocycles. The van der Waals surface area contributed by atoms with Crippen molar-refractivity contribution >= 4 is 29.9 Å². The highest BCUT2D eigenvalue weighted by Gasteiger charge is 2.21. The zero-order valence-electron chi connectivity index (χ0n) is 10.00. The first-order valence-corrected chi connectivity index (χ1v) is 5.56. The minimum absolute atomic E-state index is 0. The van der Waals surface area contributed by atoms with Gasteiger partial charge in [-0.05, 0) is 17.7 Å². The quantitative estimate of drug-likeness (QED) is 0.885. The van der Waals surface area contributed by atoms with Gasteiger partial charge in [0.05, 0.1) is 6.54 Å². The van der Waals surface area contributed by atoms with Gasteiger partial charge < -0.3 is 11.1 Å². The van der Waals surface area contributed by atoms with Crippen LogP contribution in [0.25, 0.3) is 0 Å². The van der Waals surface area contributed by atoms with Gasteiger partial charge in [-0.2, -0.15) is 0 Å². The number of halogens is 2. The molecule has 0 atom stereocenters. The van der Waals surface area contributed by atoms with Gasteiger partial charge in [0.1, 0.15) is 0 Å². The minimum atomic E-state index is -0.157. The molecule has 1 rings (SSSR count). The fraction of sp³-hybridized carbons (Fsp3) is 0.417. The number of hydrogen-bond acceptors (Lipinski definition) is 2. The van der Waals surface area contributed by atoms with Crippen LogP contribution in [0, 0.1) is 0 Å². The maximum Gasteiger partial charge on any atom is 0.233 e. The summed E-state index contributed by atoms with van der Waals surface area (Å²) in [4.78, 5) is 11.1. The molecular formula is C12H18Cl2N2O. The first kappa shape index (κ1) is 16.2.